The highest BCUT2D eigenvalue weighted by molar-refractivity contribution is 8.13. The molecule has 0 heterocycles. The van der Waals surface area contributed by atoms with Crippen LogP contribution in [0, 0.1) is 17.8 Å². The third-order valence-electron chi connectivity index (χ3n) is 7.61. The van der Waals surface area contributed by atoms with E-state index < -0.39 is 5.97 Å². The third kappa shape index (κ3) is 3.67. The van der Waals surface area contributed by atoms with Crippen molar-refractivity contribution in [2.24, 2.45) is 22.7 Å². The molecule has 4 aliphatic rings. The number of carboxylic acids is 1. The van der Waals surface area contributed by atoms with E-state index in [-0.39, 0.29) is 11.0 Å². The van der Waals surface area contributed by atoms with Gasteiger partial charge in [0.1, 0.15) is 10.8 Å². The van der Waals surface area contributed by atoms with Crippen molar-refractivity contribution in [3.05, 3.63) is 59.2 Å². The van der Waals surface area contributed by atoms with Gasteiger partial charge in [0, 0.05) is 11.1 Å². The summed E-state index contributed by atoms with van der Waals surface area (Å²) in [6, 6.07) is 13.4. The zero-order valence-electron chi connectivity index (χ0n) is 18.1. The van der Waals surface area contributed by atoms with Gasteiger partial charge in [-0.3, -0.25) is 0 Å². The first kappa shape index (κ1) is 20.6. The van der Waals surface area contributed by atoms with E-state index in [2.05, 4.69) is 18.2 Å². The van der Waals surface area contributed by atoms with Crippen molar-refractivity contribution >= 4 is 28.5 Å². The Hall–Kier alpha value is -2.27. The second-order valence-electron chi connectivity index (χ2n) is 9.56. The van der Waals surface area contributed by atoms with Crippen LogP contribution < -0.4 is 4.74 Å². The SMILES string of the molecule is COc1ccc(C(=Nc2ccccc2C(=O)O)SC)cc1C12CC3CC(CC(C3)C1)C2. The molecule has 5 heteroatoms. The van der Waals surface area contributed by atoms with Crippen LogP contribution in [-0.2, 0) is 5.41 Å². The zero-order valence-corrected chi connectivity index (χ0v) is 19.0. The monoisotopic (exact) mass is 435 g/mol. The van der Waals surface area contributed by atoms with Crippen molar-refractivity contribution in [2.75, 3.05) is 13.4 Å². The van der Waals surface area contributed by atoms with Crippen LogP contribution in [0.1, 0.15) is 60.0 Å². The summed E-state index contributed by atoms with van der Waals surface area (Å²) >= 11 is 1.55. The third-order valence-corrected chi connectivity index (χ3v) is 8.32. The normalized spacial score (nSPS) is 29.2. The largest absolute Gasteiger partial charge is 0.496 e. The predicted molar refractivity (Wildman–Crippen MR) is 126 cm³/mol. The van der Waals surface area contributed by atoms with Crippen molar-refractivity contribution in [3.8, 4) is 5.75 Å². The van der Waals surface area contributed by atoms with E-state index >= 15 is 0 Å². The number of carboxylic acid groups (broad SMARTS) is 1. The highest BCUT2D eigenvalue weighted by atomic mass is 32.2. The first-order chi connectivity index (χ1) is 15.0. The number of aliphatic imine (C=N–C) groups is 1. The molecule has 0 aromatic heterocycles. The number of para-hydroxylation sites is 1. The van der Waals surface area contributed by atoms with Gasteiger partial charge in [0.15, 0.2) is 0 Å². The molecular weight excluding hydrogens is 406 g/mol. The molecule has 0 atom stereocenters. The van der Waals surface area contributed by atoms with Gasteiger partial charge < -0.3 is 9.84 Å². The minimum atomic E-state index is -0.955. The molecule has 4 fully saturated rings. The van der Waals surface area contributed by atoms with E-state index in [0.29, 0.717) is 5.69 Å². The lowest BCUT2D eigenvalue weighted by Gasteiger charge is -2.57. The molecule has 0 amide bonds. The Balaban J connectivity index is 1.58. The van der Waals surface area contributed by atoms with Crippen LogP contribution in [0.15, 0.2) is 47.5 Å². The number of aromatic carboxylic acids is 1. The predicted octanol–water partition coefficient (Wildman–Crippen LogP) is 6.30. The number of thioether (sulfide) groups is 1. The summed E-state index contributed by atoms with van der Waals surface area (Å²) < 4.78 is 5.85. The molecule has 4 aliphatic carbocycles. The molecule has 0 saturated heterocycles. The van der Waals surface area contributed by atoms with Gasteiger partial charge in [0.25, 0.3) is 0 Å². The maximum absolute atomic E-state index is 11.6. The molecule has 4 saturated carbocycles. The molecule has 31 heavy (non-hydrogen) atoms. The van der Waals surface area contributed by atoms with Crippen LogP contribution in [0.2, 0.25) is 0 Å². The average Bonchev–Trinajstić information content (AvgIpc) is 2.76. The topological polar surface area (TPSA) is 58.9 Å². The standard InChI is InChI=1S/C26H29NO3S/c1-30-23-8-7-19(24(31-2)27-22-6-4-3-5-20(22)25(28)29)12-21(23)26-13-16-9-17(14-26)11-18(10-16)15-26/h3-8,12,16-18H,9-11,13-15H2,1-2H3,(H,28,29). The quantitative estimate of drug-likeness (QED) is 0.442. The minimum Gasteiger partial charge on any atom is -0.496 e. The number of hydrogen-bond acceptors (Lipinski definition) is 4. The van der Waals surface area contributed by atoms with Crippen LogP contribution >= 0.6 is 11.8 Å². The minimum absolute atomic E-state index is 0.221. The van der Waals surface area contributed by atoms with Gasteiger partial charge in [-0.2, -0.15) is 0 Å². The van der Waals surface area contributed by atoms with Gasteiger partial charge in [0.2, 0.25) is 0 Å². The Morgan fingerprint density at radius 3 is 2.29 bits per heavy atom. The highest BCUT2D eigenvalue weighted by Gasteiger charge is 2.52. The first-order valence-corrected chi connectivity index (χ1v) is 12.4. The van der Waals surface area contributed by atoms with Crippen molar-refractivity contribution in [1.29, 1.82) is 0 Å². The van der Waals surface area contributed by atoms with Gasteiger partial charge in [-0.15, -0.1) is 11.8 Å². The summed E-state index contributed by atoms with van der Waals surface area (Å²) in [5.74, 6) is 2.60. The summed E-state index contributed by atoms with van der Waals surface area (Å²) in [5, 5.41) is 10.4. The Morgan fingerprint density at radius 2 is 1.71 bits per heavy atom. The Kier molecular flexibility index (Phi) is 5.33. The number of ether oxygens (including phenoxy) is 1. The number of hydrogen-bond donors (Lipinski definition) is 1. The van der Waals surface area contributed by atoms with Crippen LogP contribution in [0.3, 0.4) is 0 Å². The van der Waals surface area contributed by atoms with Crippen LogP contribution in [0.4, 0.5) is 5.69 Å². The van der Waals surface area contributed by atoms with Gasteiger partial charge in [0.05, 0.1) is 18.4 Å². The number of methoxy groups -OCH3 is 1. The maximum Gasteiger partial charge on any atom is 0.337 e. The summed E-state index contributed by atoms with van der Waals surface area (Å²) in [6.07, 6.45) is 10.0. The number of nitrogens with zero attached hydrogens (tertiary/aromatic N) is 1. The zero-order chi connectivity index (χ0) is 21.6. The van der Waals surface area contributed by atoms with Crippen LogP contribution in [0.5, 0.6) is 5.75 Å². The molecule has 0 radical (unpaired) electrons. The van der Waals surface area contributed by atoms with E-state index in [4.69, 9.17) is 9.73 Å². The second kappa shape index (κ2) is 8.01. The van der Waals surface area contributed by atoms with Crippen LogP contribution in [0.25, 0.3) is 0 Å². The maximum atomic E-state index is 11.6. The Morgan fingerprint density at radius 1 is 1.06 bits per heavy atom. The summed E-state index contributed by atoms with van der Waals surface area (Å²) in [6.45, 7) is 0. The fourth-order valence-corrected chi connectivity index (χ4v) is 7.34. The van der Waals surface area contributed by atoms with Crippen molar-refractivity contribution in [1.82, 2.24) is 0 Å². The molecule has 4 bridgehead atoms. The van der Waals surface area contributed by atoms with E-state index in [1.165, 1.54) is 44.1 Å². The molecule has 6 rings (SSSR count). The second-order valence-corrected chi connectivity index (χ2v) is 10.4. The number of benzene rings is 2. The molecule has 0 unspecified atom stereocenters. The molecule has 0 spiro atoms. The van der Waals surface area contributed by atoms with Gasteiger partial charge >= 0.3 is 5.97 Å². The van der Waals surface area contributed by atoms with Crippen molar-refractivity contribution in [2.45, 2.75) is 43.9 Å². The molecule has 162 valence electrons. The van der Waals surface area contributed by atoms with Crippen LogP contribution in [-0.4, -0.2) is 29.5 Å². The average molecular weight is 436 g/mol. The molecule has 0 aliphatic heterocycles. The van der Waals surface area contributed by atoms with E-state index in [1.807, 2.05) is 12.3 Å². The lowest BCUT2D eigenvalue weighted by Crippen LogP contribution is -2.48. The number of carbonyl (C=O) groups is 1. The smallest absolute Gasteiger partial charge is 0.337 e. The Bertz CT molecular complexity index is 1010. The van der Waals surface area contributed by atoms with Gasteiger partial charge in [-0.1, -0.05) is 12.1 Å². The fraction of sp³-hybridized carbons (Fsp3) is 0.462. The molecule has 4 nitrogen and oxygen atoms in total. The number of rotatable bonds is 5. The van der Waals surface area contributed by atoms with Crippen molar-refractivity contribution < 1.29 is 14.6 Å². The molecule has 2 aromatic carbocycles. The van der Waals surface area contributed by atoms with Crippen molar-refractivity contribution in [3.63, 3.8) is 0 Å². The molecular formula is C26H29NO3S. The highest BCUT2D eigenvalue weighted by Crippen LogP contribution is 2.62. The summed E-state index contributed by atoms with van der Waals surface area (Å²) in [5.41, 5.74) is 3.31. The first-order valence-electron chi connectivity index (χ1n) is 11.1. The molecule has 1 N–H and O–H groups in total. The fourth-order valence-electron chi connectivity index (χ4n) is 6.79. The lowest BCUT2D eigenvalue weighted by molar-refractivity contribution is -0.00616. The summed E-state index contributed by atoms with van der Waals surface area (Å²) in [7, 11) is 1.77. The van der Waals surface area contributed by atoms with E-state index in [1.54, 1.807) is 37.1 Å². The Labute approximate surface area is 188 Å². The van der Waals surface area contributed by atoms with E-state index in [9.17, 15) is 9.90 Å². The summed E-state index contributed by atoms with van der Waals surface area (Å²) in [4.78, 5) is 16.4. The van der Waals surface area contributed by atoms with E-state index in [0.717, 1.165) is 34.1 Å². The molecule has 2 aromatic rings. The lowest BCUT2D eigenvalue weighted by atomic mass is 9.48. The van der Waals surface area contributed by atoms with Gasteiger partial charge in [-0.05, 0) is 98.3 Å². The van der Waals surface area contributed by atoms with Gasteiger partial charge in [-0.25, -0.2) is 9.79 Å².